The van der Waals surface area contributed by atoms with Gasteiger partial charge >= 0.3 is 6.36 Å². The van der Waals surface area contributed by atoms with Gasteiger partial charge in [0.2, 0.25) is 11.8 Å². The van der Waals surface area contributed by atoms with Gasteiger partial charge in [0.25, 0.3) is 0 Å². The zero-order valence-electron chi connectivity index (χ0n) is 16.7. The maximum atomic E-state index is 12.5. The summed E-state index contributed by atoms with van der Waals surface area (Å²) >= 11 is 0. The van der Waals surface area contributed by atoms with E-state index >= 15 is 0 Å². The number of rotatable bonds is 6. The second-order valence-electron chi connectivity index (χ2n) is 6.89. The predicted molar refractivity (Wildman–Crippen MR) is 105 cm³/mol. The van der Waals surface area contributed by atoms with Gasteiger partial charge in [-0.25, -0.2) is 0 Å². The molecule has 3 rings (SSSR count). The Morgan fingerprint density at radius 3 is 2.58 bits per heavy atom. The van der Waals surface area contributed by atoms with Crippen molar-refractivity contribution in [3.8, 4) is 5.75 Å². The summed E-state index contributed by atoms with van der Waals surface area (Å²) in [6, 6.07) is 7.19. The Hall–Kier alpha value is -3.34. The summed E-state index contributed by atoms with van der Waals surface area (Å²) in [6.07, 6.45) is -2.31. The highest BCUT2D eigenvalue weighted by atomic mass is 19.4. The number of nitrogens with zero attached hydrogens (tertiary/aromatic N) is 3. The first kappa shape index (κ1) is 22.3. The standard InChI is InChI=1S/C20H21F3N4O4/c1-14-12-17(25-31-14)24-18(28)13-26-8-10-27(11-9-26)19(29)7-6-15-4-2-3-5-16(15)30-20(21,22)23/h2-7,12H,8-11,13H2,1H3,(H,24,25,28)/b7-6+. The second kappa shape index (κ2) is 9.65. The molecule has 0 saturated carbocycles. The summed E-state index contributed by atoms with van der Waals surface area (Å²) in [6.45, 7) is 3.61. The molecule has 0 aliphatic carbocycles. The van der Waals surface area contributed by atoms with Crippen LogP contribution in [0, 0.1) is 6.92 Å². The minimum absolute atomic E-state index is 0.145. The van der Waals surface area contributed by atoms with Gasteiger partial charge in [-0.2, -0.15) is 0 Å². The molecule has 11 heteroatoms. The van der Waals surface area contributed by atoms with Gasteiger partial charge in [-0.3, -0.25) is 14.5 Å². The molecule has 1 saturated heterocycles. The summed E-state index contributed by atoms with van der Waals surface area (Å²) in [5.74, 6) is -0.0188. The van der Waals surface area contributed by atoms with Gasteiger partial charge in [-0.05, 0) is 19.1 Å². The van der Waals surface area contributed by atoms with E-state index in [0.29, 0.717) is 37.8 Å². The summed E-state index contributed by atoms with van der Waals surface area (Å²) in [5.41, 5.74) is 0.145. The monoisotopic (exact) mass is 438 g/mol. The van der Waals surface area contributed by atoms with E-state index in [0.717, 1.165) is 0 Å². The van der Waals surface area contributed by atoms with Crippen molar-refractivity contribution in [2.24, 2.45) is 0 Å². The number of piperazine rings is 1. The van der Waals surface area contributed by atoms with Gasteiger partial charge in [-0.1, -0.05) is 23.4 Å². The lowest BCUT2D eigenvalue weighted by Crippen LogP contribution is -2.50. The molecular formula is C20H21F3N4O4. The molecule has 1 aliphatic rings. The van der Waals surface area contributed by atoms with Crippen LogP contribution in [0.15, 0.2) is 40.9 Å². The molecular weight excluding hydrogens is 417 g/mol. The number of benzene rings is 1. The fourth-order valence-electron chi connectivity index (χ4n) is 3.04. The zero-order chi connectivity index (χ0) is 22.4. The molecule has 166 valence electrons. The Morgan fingerprint density at radius 2 is 1.94 bits per heavy atom. The lowest BCUT2D eigenvalue weighted by Gasteiger charge is -2.33. The summed E-state index contributed by atoms with van der Waals surface area (Å²) in [7, 11) is 0. The number of ether oxygens (including phenoxy) is 1. The zero-order valence-corrected chi connectivity index (χ0v) is 16.7. The van der Waals surface area contributed by atoms with Crippen molar-refractivity contribution in [1.82, 2.24) is 15.0 Å². The Morgan fingerprint density at radius 1 is 1.23 bits per heavy atom. The molecule has 2 heterocycles. The topological polar surface area (TPSA) is 87.9 Å². The molecule has 0 bridgehead atoms. The number of hydrogen-bond donors (Lipinski definition) is 1. The highest BCUT2D eigenvalue weighted by Gasteiger charge is 2.31. The van der Waals surface area contributed by atoms with Gasteiger partial charge in [0.15, 0.2) is 5.82 Å². The Bertz CT molecular complexity index is 950. The number of para-hydroxylation sites is 1. The molecule has 0 atom stereocenters. The van der Waals surface area contributed by atoms with Crippen LogP contribution in [0.3, 0.4) is 0 Å². The molecule has 1 aromatic heterocycles. The quantitative estimate of drug-likeness (QED) is 0.698. The van der Waals surface area contributed by atoms with E-state index in [9.17, 15) is 22.8 Å². The molecule has 1 aliphatic heterocycles. The van der Waals surface area contributed by atoms with Crippen LogP contribution >= 0.6 is 0 Å². The third-order valence-corrected chi connectivity index (χ3v) is 4.50. The molecule has 8 nitrogen and oxygen atoms in total. The van der Waals surface area contributed by atoms with Crippen LogP contribution in [0.5, 0.6) is 5.75 Å². The minimum Gasteiger partial charge on any atom is -0.405 e. The maximum Gasteiger partial charge on any atom is 0.573 e. The van der Waals surface area contributed by atoms with E-state index in [-0.39, 0.29) is 29.7 Å². The number of nitrogens with one attached hydrogen (secondary N) is 1. The Balaban J connectivity index is 1.49. The van der Waals surface area contributed by atoms with Crippen LogP contribution in [0.25, 0.3) is 6.08 Å². The van der Waals surface area contributed by atoms with Crippen LogP contribution < -0.4 is 10.1 Å². The number of carbonyl (C=O) groups excluding carboxylic acids is 2. The van der Waals surface area contributed by atoms with Gasteiger partial charge in [-0.15, -0.1) is 13.2 Å². The van der Waals surface area contributed by atoms with Crippen molar-refractivity contribution in [1.29, 1.82) is 0 Å². The number of aryl methyl sites for hydroxylation is 1. The number of carbonyl (C=O) groups is 2. The average molecular weight is 438 g/mol. The van der Waals surface area contributed by atoms with E-state index < -0.39 is 6.36 Å². The SMILES string of the molecule is Cc1cc(NC(=O)CN2CCN(C(=O)/C=C/c3ccccc3OC(F)(F)F)CC2)no1. The van der Waals surface area contributed by atoms with Crippen LogP contribution in [0.4, 0.5) is 19.0 Å². The van der Waals surface area contributed by atoms with Gasteiger partial charge in [0.1, 0.15) is 11.5 Å². The second-order valence-corrected chi connectivity index (χ2v) is 6.89. The smallest absolute Gasteiger partial charge is 0.405 e. The first-order valence-corrected chi connectivity index (χ1v) is 9.47. The van der Waals surface area contributed by atoms with Crippen molar-refractivity contribution >= 4 is 23.7 Å². The normalized spacial score (nSPS) is 15.3. The molecule has 0 spiro atoms. The van der Waals surface area contributed by atoms with Crippen molar-refractivity contribution in [2.45, 2.75) is 13.3 Å². The van der Waals surface area contributed by atoms with E-state index in [1.165, 1.54) is 30.4 Å². The molecule has 2 amide bonds. The largest absolute Gasteiger partial charge is 0.573 e. The summed E-state index contributed by atoms with van der Waals surface area (Å²) in [4.78, 5) is 27.9. The molecule has 1 fully saturated rings. The highest BCUT2D eigenvalue weighted by Crippen LogP contribution is 2.27. The third-order valence-electron chi connectivity index (χ3n) is 4.50. The highest BCUT2D eigenvalue weighted by molar-refractivity contribution is 5.92. The van der Waals surface area contributed by atoms with Crippen molar-refractivity contribution in [3.63, 3.8) is 0 Å². The average Bonchev–Trinajstić information content (AvgIpc) is 3.11. The van der Waals surface area contributed by atoms with Crippen LogP contribution in [-0.4, -0.2) is 65.9 Å². The Labute approximate surface area is 176 Å². The molecule has 1 aromatic carbocycles. The molecule has 0 unspecified atom stereocenters. The number of hydrogen-bond acceptors (Lipinski definition) is 6. The van der Waals surface area contributed by atoms with Gasteiger partial charge in [0, 0.05) is 43.9 Å². The molecule has 0 radical (unpaired) electrons. The van der Waals surface area contributed by atoms with Crippen molar-refractivity contribution in [3.05, 3.63) is 47.7 Å². The lowest BCUT2D eigenvalue weighted by molar-refractivity contribution is -0.274. The van der Waals surface area contributed by atoms with Crippen LogP contribution in [-0.2, 0) is 9.59 Å². The Kier molecular flexibility index (Phi) is 6.95. The fraction of sp³-hybridized carbons (Fsp3) is 0.350. The molecule has 2 aromatic rings. The van der Waals surface area contributed by atoms with Crippen LogP contribution in [0.1, 0.15) is 11.3 Å². The van der Waals surface area contributed by atoms with E-state index in [1.54, 1.807) is 24.0 Å². The van der Waals surface area contributed by atoms with Crippen molar-refractivity contribution in [2.75, 3.05) is 38.0 Å². The van der Waals surface area contributed by atoms with E-state index in [4.69, 9.17) is 4.52 Å². The van der Waals surface area contributed by atoms with Gasteiger partial charge < -0.3 is 19.5 Å². The number of anilines is 1. The van der Waals surface area contributed by atoms with Crippen molar-refractivity contribution < 1.29 is 32.0 Å². The first-order valence-electron chi connectivity index (χ1n) is 9.47. The van der Waals surface area contributed by atoms with Crippen LogP contribution in [0.2, 0.25) is 0 Å². The summed E-state index contributed by atoms with van der Waals surface area (Å²) in [5, 5.41) is 6.33. The summed E-state index contributed by atoms with van der Waals surface area (Å²) < 4.78 is 46.4. The fourth-order valence-corrected chi connectivity index (χ4v) is 3.04. The predicted octanol–water partition coefficient (Wildman–Crippen LogP) is 2.68. The number of halogens is 3. The number of amides is 2. The lowest BCUT2D eigenvalue weighted by atomic mass is 10.2. The van der Waals surface area contributed by atoms with Gasteiger partial charge in [0.05, 0.1) is 6.54 Å². The molecule has 31 heavy (non-hydrogen) atoms. The molecule has 1 N–H and O–H groups in total. The number of aromatic nitrogens is 1. The minimum atomic E-state index is -4.82. The third kappa shape index (κ3) is 6.85. The maximum absolute atomic E-state index is 12.5. The van der Waals surface area contributed by atoms with E-state index in [1.807, 2.05) is 4.90 Å². The van der Waals surface area contributed by atoms with E-state index in [2.05, 4.69) is 15.2 Å². The first-order chi connectivity index (χ1) is 14.7. The number of alkyl halides is 3.